The van der Waals surface area contributed by atoms with Crippen LogP contribution in [0.25, 0.3) is 5.57 Å². The third kappa shape index (κ3) is 4.03. The van der Waals surface area contributed by atoms with Crippen LogP contribution in [0.2, 0.25) is 0 Å². The van der Waals surface area contributed by atoms with Gasteiger partial charge in [0.15, 0.2) is 11.6 Å². The Morgan fingerprint density at radius 3 is 2.52 bits per heavy atom. The molecular weight excluding hydrogens is 297 g/mol. The number of carbonyl (C=O) groups is 2. The standard InChI is InChI=1S/C18H16FNO3/c1-12-7-8-14(9-13(12)2)15(18(22)20-11-21)10-23-17-6-4-3-5-16(17)19/h3-11H,1-2H3,(H,20,21,22)/b15-10-. The molecule has 2 aromatic carbocycles. The number of carbonyl (C=O) groups excluding carboxylic acids is 2. The van der Waals surface area contributed by atoms with Crippen LogP contribution in [0.4, 0.5) is 4.39 Å². The minimum Gasteiger partial charge on any atom is -0.461 e. The topological polar surface area (TPSA) is 55.4 Å². The first-order chi connectivity index (χ1) is 11.0. The second kappa shape index (κ2) is 7.35. The van der Waals surface area contributed by atoms with Crippen LogP contribution in [0.15, 0.2) is 48.7 Å². The quantitative estimate of drug-likeness (QED) is 0.524. The number of para-hydroxylation sites is 1. The first-order valence-corrected chi connectivity index (χ1v) is 6.96. The average molecular weight is 313 g/mol. The van der Waals surface area contributed by atoms with E-state index in [1.54, 1.807) is 18.2 Å². The van der Waals surface area contributed by atoms with Crippen LogP contribution in [0.5, 0.6) is 5.75 Å². The Hall–Kier alpha value is -2.95. The van der Waals surface area contributed by atoms with E-state index in [0.717, 1.165) is 17.4 Å². The Kier molecular flexibility index (Phi) is 5.25. The van der Waals surface area contributed by atoms with Crippen molar-refractivity contribution < 1.29 is 18.7 Å². The summed E-state index contributed by atoms with van der Waals surface area (Å²) in [6.45, 7) is 3.86. The fraction of sp³-hybridized carbons (Fsp3) is 0.111. The SMILES string of the molecule is Cc1ccc(/C(=C/Oc2ccccc2F)C(=O)NC=O)cc1C. The lowest BCUT2D eigenvalue weighted by atomic mass is 10.0. The Labute approximate surface area is 133 Å². The molecule has 0 saturated carbocycles. The van der Waals surface area contributed by atoms with Crippen molar-refractivity contribution in [2.75, 3.05) is 0 Å². The van der Waals surface area contributed by atoms with Gasteiger partial charge in [0, 0.05) is 0 Å². The summed E-state index contributed by atoms with van der Waals surface area (Å²) in [4.78, 5) is 22.6. The van der Waals surface area contributed by atoms with Crippen molar-refractivity contribution in [1.82, 2.24) is 5.32 Å². The minimum absolute atomic E-state index is 0.00673. The molecule has 0 unspecified atom stereocenters. The summed E-state index contributed by atoms with van der Waals surface area (Å²) in [5.74, 6) is -1.17. The van der Waals surface area contributed by atoms with Gasteiger partial charge in [0.05, 0.1) is 5.57 Å². The first kappa shape index (κ1) is 16.4. The molecule has 0 heterocycles. The summed E-state index contributed by atoms with van der Waals surface area (Å²) < 4.78 is 18.9. The van der Waals surface area contributed by atoms with E-state index in [4.69, 9.17) is 4.74 Å². The normalized spacial score (nSPS) is 11.0. The Morgan fingerprint density at radius 1 is 1.13 bits per heavy atom. The van der Waals surface area contributed by atoms with E-state index in [-0.39, 0.29) is 11.3 Å². The van der Waals surface area contributed by atoms with Crippen LogP contribution >= 0.6 is 0 Å². The molecule has 0 aliphatic heterocycles. The fourth-order valence-electron chi connectivity index (χ4n) is 1.96. The molecule has 5 heteroatoms. The van der Waals surface area contributed by atoms with Crippen molar-refractivity contribution in [3.63, 3.8) is 0 Å². The van der Waals surface area contributed by atoms with Gasteiger partial charge in [-0.15, -0.1) is 0 Å². The predicted molar refractivity (Wildman–Crippen MR) is 85.1 cm³/mol. The molecule has 2 aromatic rings. The molecule has 2 rings (SSSR count). The first-order valence-electron chi connectivity index (χ1n) is 6.96. The van der Waals surface area contributed by atoms with Crippen LogP contribution in [0.1, 0.15) is 16.7 Å². The van der Waals surface area contributed by atoms with Gasteiger partial charge >= 0.3 is 0 Å². The summed E-state index contributed by atoms with van der Waals surface area (Å²) in [6, 6.07) is 11.3. The molecule has 0 aliphatic carbocycles. The number of rotatable bonds is 5. The lowest BCUT2D eigenvalue weighted by molar-refractivity contribution is -0.121. The van der Waals surface area contributed by atoms with Gasteiger partial charge in [0.1, 0.15) is 6.26 Å². The monoisotopic (exact) mass is 313 g/mol. The molecule has 0 aromatic heterocycles. The highest BCUT2D eigenvalue weighted by Crippen LogP contribution is 2.21. The summed E-state index contributed by atoms with van der Waals surface area (Å²) >= 11 is 0. The number of imide groups is 1. The number of nitrogens with one attached hydrogen (secondary N) is 1. The van der Waals surface area contributed by atoms with Gasteiger partial charge in [-0.1, -0.05) is 30.3 Å². The zero-order chi connectivity index (χ0) is 16.8. The number of amides is 2. The van der Waals surface area contributed by atoms with Gasteiger partial charge in [-0.25, -0.2) is 4.39 Å². The molecular formula is C18H16FNO3. The predicted octanol–water partition coefficient (Wildman–Crippen LogP) is 3.14. The maximum atomic E-state index is 13.6. The fourth-order valence-corrected chi connectivity index (χ4v) is 1.96. The van der Waals surface area contributed by atoms with Gasteiger partial charge in [-0.3, -0.25) is 14.9 Å². The van der Waals surface area contributed by atoms with E-state index < -0.39 is 11.7 Å². The van der Waals surface area contributed by atoms with Gasteiger partial charge < -0.3 is 4.74 Å². The minimum atomic E-state index is -0.625. The molecule has 0 fully saturated rings. The maximum absolute atomic E-state index is 13.6. The zero-order valence-electron chi connectivity index (χ0n) is 12.8. The molecule has 0 saturated heterocycles. The molecule has 118 valence electrons. The highest BCUT2D eigenvalue weighted by Gasteiger charge is 2.14. The van der Waals surface area contributed by atoms with E-state index in [0.29, 0.717) is 12.0 Å². The van der Waals surface area contributed by atoms with Crippen molar-refractivity contribution in [3.8, 4) is 5.75 Å². The van der Waals surface area contributed by atoms with Crippen LogP contribution in [-0.2, 0) is 9.59 Å². The Balaban J connectivity index is 2.39. The van der Waals surface area contributed by atoms with Crippen LogP contribution in [-0.4, -0.2) is 12.3 Å². The number of aryl methyl sites for hydroxylation is 2. The van der Waals surface area contributed by atoms with Crippen molar-refractivity contribution >= 4 is 17.9 Å². The Morgan fingerprint density at radius 2 is 1.87 bits per heavy atom. The third-order valence-corrected chi connectivity index (χ3v) is 3.39. The summed E-state index contributed by atoms with van der Waals surface area (Å²) in [5, 5.41) is 2.07. The molecule has 1 N–H and O–H groups in total. The van der Waals surface area contributed by atoms with Crippen LogP contribution < -0.4 is 10.1 Å². The molecule has 0 bridgehead atoms. The van der Waals surface area contributed by atoms with Gasteiger partial charge in [0.25, 0.3) is 5.91 Å². The zero-order valence-corrected chi connectivity index (χ0v) is 12.8. The van der Waals surface area contributed by atoms with Crippen molar-refractivity contribution in [1.29, 1.82) is 0 Å². The van der Waals surface area contributed by atoms with Crippen LogP contribution in [0.3, 0.4) is 0 Å². The van der Waals surface area contributed by atoms with E-state index in [1.807, 2.05) is 19.9 Å². The Bertz CT molecular complexity index is 769. The second-order valence-electron chi connectivity index (χ2n) is 4.97. The van der Waals surface area contributed by atoms with Gasteiger partial charge in [-0.05, 0) is 42.7 Å². The van der Waals surface area contributed by atoms with Crippen LogP contribution in [0, 0.1) is 19.7 Å². The number of halogens is 1. The van der Waals surface area contributed by atoms with E-state index in [1.165, 1.54) is 18.2 Å². The maximum Gasteiger partial charge on any atom is 0.261 e. The van der Waals surface area contributed by atoms with E-state index in [9.17, 15) is 14.0 Å². The van der Waals surface area contributed by atoms with Crippen molar-refractivity contribution in [2.24, 2.45) is 0 Å². The van der Waals surface area contributed by atoms with E-state index in [2.05, 4.69) is 5.32 Å². The second-order valence-corrected chi connectivity index (χ2v) is 4.97. The number of ether oxygens (including phenoxy) is 1. The third-order valence-electron chi connectivity index (χ3n) is 3.39. The largest absolute Gasteiger partial charge is 0.461 e. The van der Waals surface area contributed by atoms with Crippen molar-refractivity contribution in [3.05, 3.63) is 71.2 Å². The summed E-state index contributed by atoms with van der Waals surface area (Å²) in [6.07, 6.45) is 1.43. The highest BCUT2D eigenvalue weighted by atomic mass is 19.1. The molecule has 2 amide bonds. The molecule has 0 spiro atoms. The number of hydrogen-bond acceptors (Lipinski definition) is 3. The van der Waals surface area contributed by atoms with Gasteiger partial charge in [-0.2, -0.15) is 0 Å². The summed E-state index contributed by atoms with van der Waals surface area (Å²) in [7, 11) is 0. The molecule has 4 nitrogen and oxygen atoms in total. The number of hydrogen-bond donors (Lipinski definition) is 1. The highest BCUT2D eigenvalue weighted by molar-refractivity contribution is 6.21. The van der Waals surface area contributed by atoms with Gasteiger partial charge in [0.2, 0.25) is 6.41 Å². The molecule has 23 heavy (non-hydrogen) atoms. The summed E-state index contributed by atoms with van der Waals surface area (Å²) in [5.41, 5.74) is 2.75. The lowest BCUT2D eigenvalue weighted by Gasteiger charge is -2.09. The smallest absolute Gasteiger partial charge is 0.261 e. The molecule has 0 aliphatic rings. The van der Waals surface area contributed by atoms with Crippen molar-refractivity contribution in [2.45, 2.75) is 13.8 Å². The molecule has 0 atom stereocenters. The molecule has 0 radical (unpaired) electrons. The average Bonchev–Trinajstić information content (AvgIpc) is 2.53. The number of benzene rings is 2. The lowest BCUT2D eigenvalue weighted by Crippen LogP contribution is -2.23. The van der Waals surface area contributed by atoms with E-state index >= 15 is 0 Å².